The number of hydrogen-bond acceptors (Lipinski definition) is 2. The molecule has 136 valence electrons. The van der Waals surface area contributed by atoms with Gasteiger partial charge in [-0.15, -0.1) is 0 Å². The Kier molecular flexibility index (Phi) is 7.25. The minimum Gasteiger partial charge on any atom is -0.195 e. The Morgan fingerprint density at radius 3 is 2.08 bits per heavy atom. The van der Waals surface area contributed by atoms with Crippen LogP contribution in [0.1, 0.15) is 89.0 Å². The van der Waals surface area contributed by atoms with E-state index in [4.69, 9.17) is 0 Å². The summed E-state index contributed by atoms with van der Waals surface area (Å²) in [5.74, 6) is 3.82. The fraction of sp³-hybridized carbons (Fsp3) is 0.696. The van der Waals surface area contributed by atoms with E-state index in [-0.39, 0.29) is 0 Å². The van der Waals surface area contributed by atoms with E-state index in [9.17, 15) is 0 Å². The summed E-state index contributed by atoms with van der Waals surface area (Å²) in [7, 11) is 0. The van der Waals surface area contributed by atoms with Crippen molar-refractivity contribution >= 4 is 23.1 Å². The Labute approximate surface area is 159 Å². The number of unbranched alkanes of at least 4 members (excludes halogenated alkanes) is 1. The fourth-order valence-electron chi connectivity index (χ4n) is 5.24. The van der Waals surface area contributed by atoms with Gasteiger partial charge in [0.15, 0.2) is 0 Å². The third-order valence-electron chi connectivity index (χ3n) is 6.84. The van der Waals surface area contributed by atoms with Crippen LogP contribution in [0.15, 0.2) is 29.3 Å². The molecule has 0 amide bonds. The molecule has 0 aromatic heterocycles. The van der Waals surface area contributed by atoms with Crippen molar-refractivity contribution in [2.45, 2.75) is 83.5 Å². The van der Waals surface area contributed by atoms with Gasteiger partial charge in [0.05, 0.1) is 10.8 Å². The highest BCUT2D eigenvalue weighted by Crippen LogP contribution is 2.44. The van der Waals surface area contributed by atoms with Gasteiger partial charge in [-0.25, -0.2) is 0 Å². The van der Waals surface area contributed by atoms with E-state index in [0.717, 1.165) is 29.4 Å². The summed E-state index contributed by atoms with van der Waals surface area (Å²) in [5, 5.41) is 2.45. The van der Waals surface area contributed by atoms with Gasteiger partial charge in [-0.05, 0) is 92.1 Å². The van der Waals surface area contributed by atoms with E-state index in [1.165, 1.54) is 76.2 Å². The Balaban J connectivity index is 1.45. The van der Waals surface area contributed by atoms with Crippen LogP contribution < -0.4 is 0 Å². The van der Waals surface area contributed by atoms with Gasteiger partial charge in [0.2, 0.25) is 0 Å². The van der Waals surface area contributed by atoms with E-state index in [1.807, 2.05) is 0 Å². The molecule has 2 aliphatic carbocycles. The van der Waals surface area contributed by atoms with Gasteiger partial charge in [0.25, 0.3) is 0 Å². The van der Waals surface area contributed by atoms with Gasteiger partial charge in [0.1, 0.15) is 0 Å². The van der Waals surface area contributed by atoms with Crippen molar-refractivity contribution in [3.8, 4) is 0 Å². The minimum atomic E-state index is 0.752. The van der Waals surface area contributed by atoms with Crippen LogP contribution in [-0.4, -0.2) is 5.16 Å². The van der Waals surface area contributed by atoms with Gasteiger partial charge in [-0.2, -0.15) is 4.99 Å². The Morgan fingerprint density at radius 2 is 1.52 bits per heavy atom. The van der Waals surface area contributed by atoms with Crippen LogP contribution in [0.4, 0.5) is 5.69 Å². The third kappa shape index (κ3) is 5.25. The summed E-state index contributed by atoms with van der Waals surface area (Å²) < 4.78 is 0. The Hall–Kier alpha value is -0.980. The molecule has 2 heteroatoms. The molecule has 0 bridgehead atoms. The number of aliphatic imine (C=N–C) groups is 1. The van der Waals surface area contributed by atoms with Crippen LogP contribution >= 0.6 is 12.2 Å². The number of benzene rings is 1. The van der Waals surface area contributed by atoms with Crippen LogP contribution in [0, 0.1) is 17.8 Å². The lowest BCUT2D eigenvalue weighted by Crippen LogP contribution is -2.25. The SMILES string of the molecule is CCCCC1CCC(C2CCC(c3ccc(N=C=S)cc3)CC2)CC1. The highest BCUT2D eigenvalue weighted by Gasteiger charge is 2.31. The molecular formula is C23H33NS. The molecule has 25 heavy (non-hydrogen) atoms. The first kappa shape index (κ1) is 18.8. The average molecular weight is 356 g/mol. The molecule has 0 aliphatic heterocycles. The first-order valence-corrected chi connectivity index (χ1v) is 10.9. The molecule has 0 N–H and O–H groups in total. The summed E-state index contributed by atoms with van der Waals surface area (Å²) in [5.41, 5.74) is 2.41. The molecule has 1 aromatic rings. The van der Waals surface area contributed by atoms with Crippen molar-refractivity contribution in [2.24, 2.45) is 22.7 Å². The zero-order chi connectivity index (χ0) is 17.5. The monoisotopic (exact) mass is 355 g/mol. The van der Waals surface area contributed by atoms with Gasteiger partial charge < -0.3 is 0 Å². The Bertz CT molecular complexity index is 556. The first-order valence-electron chi connectivity index (χ1n) is 10.5. The van der Waals surface area contributed by atoms with E-state index in [2.05, 4.69) is 53.6 Å². The van der Waals surface area contributed by atoms with Gasteiger partial charge in [0, 0.05) is 0 Å². The fourth-order valence-corrected chi connectivity index (χ4v) is 5.34. The third-order valence-corrected chi connectivity index (χ3v) is 6.93. The molecule has 2 saturated carbocycles. The largest absolute Gasteiger partial charge is 0.195 e. The maximum absolute atomic E-state index is 4.68. The highest BCUT2D eigenvalue weighted by atomic mass is 32.1. The number of isothiocyanates is 1. The van der Waals surface area contributed by atoms with Crippen molar-refractivity contribution < 1.29 is 0 Å². The molecule has 1 aromatic carbocycles. The second-order valence-electron chi connectivity index (χ2n) is 8.33. The molecule has 0 heterocycles. The van der Waals surface area contributed by atoms with E-state index in [1.54, 1.807) is 0 Å². The second-order valence-corrected chi connectivity index (χ2v) is 8.51. The summed E-state index contributed by atoms with van der Waals surface area (Å²) in [6.45, 7) is 2.32. The van der Waals surface area contributed by atoms with Crippen molar-refractivity contribution in [2.75, 3.05) is 0 Å². The maximum atomic E-state index is 4.68. The van der Waals surface area contributed by atoms with Gasteiger partial charge >= 0.3 is 0 Å². The van der Waals surface area contributed by atoms with Crippen molar-refractivity contribution in [3.05, 3.63) is 29.8 Å². The standard InChI is InChI=1S/C23H33NS/c1-2-3-4-18-5-7-19(8-6-18)20-9-11-21(12-10-20)22-13-15-23(16-14-22)24-17-25/h13-16,18-21H,2-12H2,1H3. The molecule has 2 fully saturated rings. The molecule has 0 atom stereocenters. The van der Waals surface area contributed by atoms with Crippen LogP contribution in [-0.2, 0) is 0 Å². The average Bonchev–Trinajstić information content (AvgIpc) is 2.68. The van der Waals surface area contributed by atoms with Crippen molar-refractivity contribution in [1.82, 2.24) is 0 Å². The number of rotatable bonds is 6. The predicted molar refractivity (Wildman–Crippen MR) is 111 cm³/mol. The summed E-state index contributed by atoms with van der Waals surface area (Å²) in [4.78, 5) is 4.06. The minimum absolute atomic E-state index is 0.752. The van der Waals surface area contributed by atoms with Gasteiger partial charge in [-0.3, -0.25) is 0 Å². The number of nitrogens with zero attached hydrogens (tertiary/aromatic N) is 1. The van der Waals surface area contributed by atoms with Gasteiger partial charge in [-0.1, -0.05) is 51.2 Å². The summed E-state index contributed by atoms with van der Waals surface area (Å²) in [6, 6.07) is 8.65. The normalized spacial score (nSPS) is 29.8. The molecule has 1 nitrogen and oxygen atoms in total. The molecule has 0 spiro atoms. The maximum Gasteiger partial charge on any atom is 0.0739 e. The first-order chi connectivity index (χ1) is 12.3. The van der Waals surface area contributed by atoms with Crippen LogP contribution in [0.2, 0.25) is 0 Å². The zero-order valence-electron chi connectivity index (χ0n) is 15.8. The second kappa shape index (κ2) is 9.64. The molecule has 0 radical (unpaired) electrons. The molecule has 0 saturated heterocycles. The predicted octanol–water partition coefficient (Wildman–Crippen LogP) is 7.69. The summed E-state index contributed by atoms with van der Waals surface area (Å²) >= 11 is 4.68. The lowest BCUT2D eigenvalue weighted by molar-refractivity contribution is 0.156. The van der Waals surface area contributed by atoms with Crippen molar-refractivity contribution in [3.63, 3.8) is 0 Å². The molecule has 2 aliphatic rings. The van der Waals surface area contributed by atoms with Crippen LogP contribution in [0.25, 0.3) is 0 Å². The number of thiocarbonyl (C=S) groups is 1. The number of hydrogen-bond donors (Lipinski definition) is 0. The lowest BCUT2D eigenvalue weighted by atomic mass is 9.68. The molecular weight excluding hydrogens is 322 g/mol. The van der Waals surface area contributed by atoms with Crippen LogP contribution in [0.5, 0.6) is 0 Å². The topological polar surface area (TPSA) is 12.4 Å². The summed E-state index contributed by atoms with van der Waals surface area (Å²) in [6.07, 6.45) is 15.9. The van der Waals surface area contributed by atoms with E-state index >= 15 is 0 Å². The van der Waals surface area contributed by atoms with E-state index < -0.39 is 0 Å². The van der Waals surface area contributed by atoms with Crippen LogP contribution in [0.3, 0.4) is 0 Å². The highest BCUT2D eigenvalue weighted by molar-refractivity contribution is 7.78. The van der Waals surface area contributed by atoms with E-state index in [0.29, 0.717) is 0 Å². The zero-order valence-corrected chi connectivity index (χ0v) is 16.6. The molecule has 0 unspecified atom stereocenters. The quantitative estimate of drug-likeness (QED) is 0.376. The van der Waals surface area contributed by atoms with Crippen molar-refractivity contribution in [1.29, 1.82) is 0 Å². The Morgan fingerprint density at radius 1 is 0.920 bits per heavy atom. The lowest BCUT2D eigenvalue weighted by Gasteiger charge is -2.38. The molecule has 3 rings (SSSR count). The smallest absolute Gasteiger partial charge is 0.0739 e.